The number of aromatic hydroxyl groups is 1. The van der Waals surface area contributed by atoms with Crippen molar-refractivity contribution in [3.05, 3.63) is 64.5 Å². The summed E-state index contributed by atoms with van der Waals surface area (Å²) in [5, 5.41) is 10.1. The Labute approximate surface area is 134 Å². The van der Waals surface area contributed by atoms with Crippen LogP contribution in [0.2, 0.25) is 0 Å². The molecule has 0 fully saturated rings. The van der Waals surface area contributed by atoms with Gasteiger partial charge in [0.25, 0.3) is 5.56 Å². The van der Waals surface area contributed by atoms with E-state index in [2.05, 4.69) is 20.9 Å². The van der Waals surface area contributed by atoms with E-state index in [0.717, 1.165) is 0 Å². The van der Waals surface area contributed by atoms with Crippen LogP contribution < -0.4 is 5.56 Å². The largest absolute Gasteiger partial charge is 0.507 e. The van der Waals surface area contributed by atoms with Crippen molar-refractivity contribution < 1.29 is 9.50 Å². The van der Waals surface area contributed by atoms with Gasteiger partial charge >= 0.3 is 0 Å². The summed E-state index contributed by atoms with van der Waals surface area (Å²) in [5.74, 6) is -0.0313. The Morgan fingerprint density at radius 3 is 2.55 bits per heavy atom. The number of rotatable bonds is 2. The molecule has 1 heterocycles. The summed E-state index contributed by atoms with van der Waals surface area (Å²) in [6.07, 6.45) is 0. The molecule has 1 unspecified atom stereocenters. The Morgan fingerprint density at radius 1 is 1.23 bits per heavy atom. The van der Waals surface area contributed by atoms with Crippen LogP contribution >= 0.6 is 15.9 Å². The first kappa shape index (κ1) is 14.7. The number of aromatic nitrogens is 2. The van der Waals surface area contributed by atoms with Crippen LogP contribution in [-0.4, -0.2) is 14.7 Å². The van der Waals surface area contributed by atoms with Crippen molar-refractivity contribution >= 4 is 26.8 Å². The lowest BCUT2D eigenvalue weighted by Gasteiger charge is -2.15. The Bertz CT molecular complexity index is 904. The zero-order valence-corrected chi connectivity index (χ0v) is 13.2. The maximum atomic E-state index is 13.1. The van der Waals surface area contributed by atoms with E-state index in [1.807, 2.05) is 6.92 Å². The molecule has 0 radical (unpaired) electrons. The highest BCUT2D eigenvalue weighted by Gasteiger charge is 2.17. The van der Waals surface area contributed by atoms with Gasteiger partial charge in [0.15, 0.2) is 0 Å². The summed E-state index contributed by atoms with van der Waals surface area (Å²) in [5.41, 5.74) is 0.519. The second kappa shape index (κ2) is 5.53. The third kappa shape index (κ3) is 2.39. The monoisotopic (exact) mass is 362 g/mol. The van der Waals surface area contributed by atoms with E-state index in [0.29, 0.717) is 17.0 Å². The average molecular weight is 363 g/mol. The predicted octanol–water partition coefficient (Wildman–Crippen LogP) is 3.69. The number of hydrogen-bond acceptors (Lipinski definition) is 3. The predicted molar refractivity (Wildman–Crippen MR) is 86.3 cm³/mol. The molecular formula is C16H12BrFN2O2. The Balaban J connectivity index is 2.43. The SMILES string of the molecule is CC(Br)c1nc2cccc(O)c2c(=O)n1-c1ccc(F)cc1. The summed E-state index contributed by atoms with van der Waals surface area (Å²) in [6, 6.07) is 10.3. The zero-order valence-electron chi connectivity index (χ0n) is 11.6. The summed E-state index contributed by atoms with van der Waals surface area (Å²) in [7, 11) is 0. The van der Waals surface area contributed by atoms with Gasteiger partial charge in [-0.1, -0.05) is 22.0 Å². The van der Waals surface area contributed by atoms with Crippen LogP contribution in [0.4, 0.5) is 4.39 Å². The Morgan fingerprint density at radius 2 is 1.91 bits per heavy atom. The smallest absolute Gasteiger partial charge is 0.269 e. The van der Waals surface area contributed by atoms with Crippen molar-refractivity contribution in [2.75, 3.05) is 0 Å². The van der Waals surface area contributed by atoms with Crippen LogP contribution in [0.25, 0.3) is 16.6 Å². The number of hydrogen-bond donors (Lipinski definition) is 1. The fourth-order valence-corrected chi connectivity index (χ4v) is 2.64. The van der Waals surface area contributed by atoms with Crippen LogP contribution in [0.1, 0.15) is 17.6 Å². The molecule has 0 bridgehead atoms. The number of benzene rings is 2. The van der Waals surface area contributed by atoms with E-state index in [1.54, 1.807) is 12.1 Å². The second-order valence-corrected chi connectivity index (χ2v) is 6.25. The molecule has 112 valence electrons. The molecular weight excluding hydrogens is 351 g/mol. The minimum atomic E-state index is -0.393. The van der Waals surface area contributed by atoms with Gasteiger partial charge in [0, 0.05) is 0 Å². The highest BCUT2D eigenvalue weighted by molar-refractivity contribution is 9.09. The lowest BCUT2D eigenvalue weighted by Crippen LogP contribution is -2.24. The quantitative estimate of drug-likeness (QED) is 0.707. The zero-order chi connectivity index (χ0) is 15.9. The van der Waals surface area contributed by atoms with Gasteiger partial charge in [0.05, 0.1) is 16.0 Å². The molecule has 0 saturated heterocycles. The Kier molecular flexibility index (Phi) is 3.70. The third-order valence-electron chi connectivity index (χ3n) is 3.34. The second-order valence-electron chi connectivity index (χ2n) is 4.87. The van der Waals surface area contributed by atoms with Gasteiger partial charge in [-0.3, -0.25) is 9.36 Å². The van der Waals surface area contributed by atoms with Crippen LogP contribution in [0.5, 0.6) is 5.75 Å². The van der Waals surface area contributed by atoms with Gasteiger partial charge in [0.1, 0.15) is 22.8 Å². The Hall–Kier alpha value is -2.21. The first-order valence-electron chi connectivity index (χ1n) is 6.63. The molecule has 1 N–H and O–H groups in total. The molecule has 22 heavy (non-hydrogen) atoms. The standard InChI is InChI=1S/C16H12BrFN2O2/c1-9(17)15-19-12-3-2-4-13(21)14(12)16(22)20(15)11-7-5-10(18)6-8-11/h2-9,21H,1H3. The lowest BCUT2D eigenvalue weighted by molar-refractivity contribution is 0.480. The molecule has 0 aliphatic carbocycles. The topological polar surface area (TPSA) is 55.1 Å². The molecule has 0 spiro atoms. The van der Waals surface area contributed by atoms with E-state index < -0.39 is 5.56 Å². The maximum Gasteiger partial charge on any atom is 0.269 e. The van der Waals surface area contributed by atoms with Crippen molar-refractivity contribution in [1.29, 1.82) is 0 Å². The fourth-order valence-electron chi connectivity index (χ4n) is 2.34. The summed E-state index contributed by atoms with van der Waals surface area (Å²) in [6.45, 7) is 1.84. The van der Waals surface area contributed by atoms with E-state index in [1.165, 1.54) is 34.9 Å². The minimum absolute atomic E-state index is 0.125. The van der Waals surface area contributed by atoms with E-state index in [-0.39, 0.29) is 21.8 Å². The molecule has 0 aliphatic rings. The van der Waals surface area contributed by atoms with Crippen LogP contribution in [0.15, 0.2) is 47.3 Å². The summed E-state index contributed by atoms with van der Waals surface area (Å²) in [4.78, 5) is 17.1. The lowest BCUT2D eigenvalue weighted by atomic mass is 10.2. The van der Waals surface area contributed by atoms with Gasteiger partial charge in [-0.05, 0) is 43.3 Å². The molecule has 1 atom stereocenters. The van der Waals surface area contributed by atoms with Crippen molar-refractivity contribution in [2.24, 2.45) is 0 Å². The molecule has 0 saturated carbocycles. The molecule has 1 aromatic heterocycles. The summed E-state index contributed by atoms with van der Waals surface area (Å²) >= 11 is 3.42. The number of nitrogens with zero attached hydrogens (tertiary/aromatic N) is 2. The third-order valence-corrected chi connectivity index (χ3v) is 3.75. The van der Waals surface area contributed by atoms with Crippen molar-refractivity contribution in [1.82, 2.24) is 9.55 Å². The van der Waals surface area contributed by atoms with Gasteiger partial charge < -0.3 is 5.11 Å². The molecule has 0 amide bonds. The number of fused-ring (bicyclic) bond motifs is 1. The van der Waals surface area contributed by atoms with Gasteiger partial charge in [-0.15, -0.1) is 0 Å². The molecule has 3 rings (SSSR count). The van der Waals surface area contributed by atoms with E-state index in [9.17, 15) is 14.3 Å². The number of alkyl halides is 1. The van der Waals surface area contributed by atoms with Gasteiger partial charge in [-0.2, -0.15) is 0 Å². The van der Waals surface area contributed by atoms with Crippen LogP contribution in [0.3, 0.4) is 0 Å². The number of phenolic OH excluding ortho intramolecular Hbond substituents is 1. The summed E-state index contributed by atoms with van der Waals surface area (Å²) < 4.78 is 14.5. The molecule has 0 aliphatic heterocycles. The van der Waals surface area contributed by atoms with Gasteiger partial charge in [0.2, 0.25) is 0 Å². The minimum Gasteiger partial charge on any atom is -0.507 e. The van der Waals surface area contributed by atoms with Crippen molar-refractivity contribution in [3.63, 3.8) is 0 Å². The molecule has 3 aromatic rings. The fraction of sp³-hybridized carbons (Fsp3) is 0.125. The first-order chi connectivity index (χ1) is 10.5. The van der Waals surface area contributed by atoms with Gasteiger partial charge in [-0.25, -0.2) is 9.37 Å². The van der Waals surface area contributed by atoms with Crippen molar-refractivity contribution in [2.45, 2.75) is 11.8 Å². The normalized spacial score (nSPS) is 12.5. The van der Waals surface area contributed by atoms with Crippen molar-refractivity contribution in [3.8, 4) is 11.4 Å². The first-order valence-corrected chi connectivity index (χ1v) is 7.55. The maximum absolute atomic E-state index is 13.1. The average Bonchev–Trinajstić information content (AvgIpc) is 2.48. The number of halogens is 2. The van der Waals surface area contributed by atoms with E-state index >= 15 is 0 Å². The van der Waals surface area contributed by atoms with Crippen LogP contribution in [-0.2, 0) is 0 Å². The molecule has 2 aromatic carbocycles. The van der Waals surface area contributed by atoms with E-state index in [4.69, 9.17) is 0 Å². The highest BCUT2D eigenvalue weighted by atomic mass is 79.9. The number of phenols is 1. The van der Waals surface area contributed by atoms with Crippen LogP contribution in [0, 0.1) is 5.82 Å². The molecule has 6 heteroatoms. The highest BCUT2D eigenvalue weighted by Crippen LogP contribution is 2.26. The molecule has 4 nitrogen and oxygen atoms in total.